The standard InChI is InChI=1S/C19H20O5/c1-23-18-13-15(6-10-17(18)21)3-2-12-24-19(22)11-7-14-4-8-16(20)9-5-14/h2-11,15,20-21H,12-13H2,1H3/b3-2+,11-7+. The third kappa shape index (κ3) is 5.35. The van der Waals surface area contributed by atoms with E-state index in [0.717, 1.165) is 5.56 Å². The number of allylic oxidation sites excluding steroid dienone is 4. The average Bonchev–Trinajstić information content (AvgIpc) is 2.59. The zero-order chi connectivity index (χ0) is 17.4. The van der Waals surface area contributed by atoms with Crippen molar-refractivity contribution in [3.63, 3.8) is 0 Å². The molecule has 0 bridgehead atoms. The Morgan fingerprint density at radius 1 is 1.29 bits per heavy atom. The van der Waals surface area contributed by atoms with Gasteiger partial charge in [0.2, 0.25) is 0 Å². The van der Waals surface area contributed by atoms with Crippen LogP contribution in [0, 0.1) is 5.92 Å². The van der Waals surface area contributed by atoms with E-state index in [1.807, 2.05) is 12.2 Å². The normalized spacial score (nSPS) is 17.6. The number of aromatic hydroxyl groups is 1. The Kier molecular flexibility index (Phi) is 6.25. The predicted molar refractivity (Wildman–Crippen MR) is 91.2 cm³/mol. The lowest BCUT2D eigenvalue weighted by molar-refractivity contribution is -0.136. The van der Waals surface area contributed by atoms with Gasteiger partial charge in [0.1, 0.15) is 18.1 Å². The SMILES string of the molecule is COC1=C(O)C=CC(/C=C/COC(=O)/C=C/c2ccc(O)cc2)C1. The molecule has 126 valence electrons. The van der Waals surface area contributed by atoms with Crippen LogP contribution in [0.1, 0.15) is 12.0 Å². The van der Waals surface area contributed by atoms with Crippen LogP contribution in [0.3, 0.4) is 0 Å². The number of phenolic OH excluding ortho intramolecular Hbond substituents is 1. The van der Waals surface area contributed by atoms with Crippen LogP contribution in [-0.2, 0) is 14.3 Å². The van der Waals surface area contributed by atoms with Crippen molar-refractivity contribution in [2.45, 2.75) is 6.42 Å². The molecule has 1 unspecified atom stereocenters. The molecule has 0 spiro atoms. The molecular weight excluding hydrogens is 308 g/mol. The number of ether oxygens (including phenoxy) is 2. The van der Waals surface area contributed by atoms with Crippen molar-refractivity contribution < 1.29 is 24.5 Å². The second-order valence-electron chi connectivity index (χ2n) is 5.22. The van der Waals surface area contributed by atoms with E-state index in [1.165, 1.54) is 13.2 Å². The molecule has 1 aliphatic rings. The van der Waals surface area contributed by atoms with E-state index in [-0.39, 0.29) is 24.0 Å². The molecule has 0 aliphatic heterocycles. The number of esters is 1. The minimum atomic E-state index is -0.443. The number of rotatable bonds is 6. The number of carbonyl (C=O) groups excluding carboxylic acids is 1. The summed E-state index contributed by atoms with van der Waals surface area (Å²) in [6, 6.07) is 6.49. The second kappa shape index (κ2) is 8.62. The Labute approximate surface area is 140 Å². The highest BCUT2D eigenvalue weighted by molar-refractivity contribution is 5.87. The Morgan fingerprint density at radius 2 is 2.04 bits per heavy atom. The fourth-order valence-electron chi connectivity index (χ4n) is 2.17. The summed E-state index contributed by atoms with van der Waals surface area (Å²) in [5, 5.41) is 18.7. The maximum Gasteiger partial charge on any atom is 0.331 e. The molecule has 0 radical (unpaired) electrons. The topological polar surface area (TPSA) is 76.0 Å². The van der Waals surface area contributed by atoms with E-state index >= 15 is 0 Å². The summed E-state index contributed by atoms with van der Waals surface area (Å²) in [7, 11) is 1.52. The molecule has 0 aromatic heterocycles. The van der Waals surface area contributed by atoms with Crippen LogP contribution in [0.5, 0.6) is 5.75 Å². The molecule has 1 atom stereocenters. The molecule has 0 heterocycles. The molecule has 5 heteroatoms. The summed E-state index contributed by atoms with van der Waals surface area (Å²) < 4.78 is 10.2. The van der Waals surface area contributed by atoms with Gasteiger partial charge in [0, 0.05) is 18.4 Å². The van der Waals surface area contributed by atoms with Gasteiger partial charge in [0.25, 0.3) is 0 Å². The number of methoxy groups -OCH3 is 1. The molecule has 0 amide bonds. The van der Waals surface area contributed by atoms with Crippen molar-refractivity contribution in [2.75, 3.05) is 13.7 Å². The van der Waals surface area contributed by atoms with Crippen LogP contribution in [0.25, 0.3) is 6.08 Å². The first-order valence-corrected chi connectivity index (χ1v) is 7.53. The maximum atomic E-state index is 11.6. The van der Waals surface area contributed by atoms with E-state index in [2.05, 4.69) is 0 Å². The van der Waals surface area contributed by atoms with E-state index in [4.69, 9.17) is 9.47 Å². The van der Waals surface area contributed by atoms with Crippen molar-refractivity contribution in [1.29, 1.82) is 0 Å². The van der Waals surface area contributed by atoms with Crippen LogP contribution in [-0.4, -0.2) is 29.9 Å². The molecule has 1 aliphatic carbocycles. The Morgan fingerprint density at radius 3 is 2.75 bits per heavy atom. The summed E-state index contributed by atoms with van der Waals surface area (Å²) in [4.78, 5) is 11.6. The molecule has 1 aromatic rings. The van der Waals surface area contributed by atoms with Gasteiger partial charge in [0.15, 0.2) is 5.76 Å². The molecule has 0 fully saturated rings. The minimum Gasteiger partial charge on any atom is -0.508 e. The number of hydrogen-bond acceptors (Lipinski definition) is 5. The van der Waals surface area contributed by atoms with Gasteiger partial charge < -0.3 is 19.7 Å². The van der Waals surface area contributed by atoms with E-state index in [0.29, 0.717) is 12.2 Å². The van der Waals surface area contributed by atoms with E-state index in [9.17, 15) is 15.0 Å². The van der Waals surface area contributed by atoms with Gasteiger partial charge in [0.05, 0.1) is 7.11 Å². The number of aliphatic hydroxyl groups is 1. The monoisotopic (exact) mass is 328 g/mol. The molecule has 2 rings (SSSR count). The summed E-state index contributed by atoms with van der Waals surface area (Å²) in [5.41, 5.74) is 0.798. The number of carbonyl (C=O) groups is 1. The first kappa shape index (κ1) is 17.4. The lowest BCUT2D eigenvalue weighted by atomic mass is 9.98. The van der Waals surface area contributed by atoms with Crippen molar-refractivity contribution in [3.8, 4) is 5.75 Å². The minimum absolute atomic E-state index is 0.0992. The zero-order valence-corrected chi connectivity index (χ0v) is 13.4. The van der Waals surface area contributed by atoms with Crippen molar-refractivity contribution in [3.05, 3.63) is 71.7 Å². The molecule has 5 nitrogen and oxygen atoms in total. The van der Waals surface area contributed by atoms with Gasteiger partial charge in [-0.1, -0.05) is 30.4 Å². The van der Waals surface area contributed by atoms with Gasteiger partial charge in [-0.05, 0) is 29.8 Å². The fourth-order valence-corrected chi connectivity index (χ4v) is 2.17. The predicted octanol–water partition coefficient (Wildman–Crippen LogP) is 3.50. The molecule has 0 saturated carbocycles. The Bertz CT molecular complexity index is 680. The summed E-state index contributed by atoms with van der Waals surface area (Å²) in [5.74, 6) is 0.523. The van der Waals surface area contributed by atoms with Crippen molar-refractivity contribution >= 4 is 12.0 Å². The molecule has 24 heavy (non-hydrogen) atoms. The molecule has 0 saturated heterocycles. The van der Waals surface area contributed by atoms with Crippen LogP contribution >= 0.6 is 0 Å². The largest absolute Gasteiger partial charge is 0.508 e. The van der Waals surface area contributed by atoms with Gasteiger partial charge in [-0.25, -0.2) is 4.79 Å². The lowest BCUT2D eigenvalue weighted by Gasteiger charge is -2.16. The second-order valence-corrected chi connectivity index (χ2v) is 5.22. The zero-order valence-electron chi connectivity index (χ0n) is 13.4. The average molecular weight is 328 g/mol. The first-order valence-electron chi connectivity index (χ1n) is 7.53. The van der Waals surface area contributed by atoms with Gasteiger partial charge in [-0.3, -0.25) is 0 Å². The third-order valence-electron chi connectivity index (χ3n) is 3.46. The Hall–Kier alpha value is -2.95. The van der Waals surface area contributed by atoms with Crippen LogP contribution in [0.2, 0.25) is 0 Å². The smallest absolute Gasteiger partial charge is 0.331 e. The van der Waals surface area contributed by atoms with Crippen molar-refractivity contribution in [1.82, 2.24) is 0 Å². The summed E-state index contributed by atoms with van der Waals surface area (Å²) in [6.07, 6.45) is 10.7. The Balaban J connectivity index is 1.75. The number of phenols is 1. The van der Waals surface area contributed by atoms with Crippen LogP contribution in [0.15, 0.2) is 66.2 Å². The van der Waals surface area contributed by atoms with Gasteiger partial charge in [-0.2, -0.15) is 0 Å². The fraction of sp³-hybridized carbons (Fsp3) is 0.211. The molecular formula is C19H20O5. The maximum absolute atomic E-state index is 11.6. The van der Waals surface area contributed by atoms with E-state index in [1.54, 1.807) is 42.5 Å². The quantitative estimate of drug-likeness (QED) is 0.475. The first-order chi connectivity index (χ1) is 11.6. The highest BCUT2D eigenvalue weighted by Crippen LogP contribution is 2.23. The van der Waals surface area contributed by atoms with E-state index < -0.39 is 5.97 Å². The number of hydrogen-bond donors (Lipinski definition) is 2. The third-order valence-corrected chi connectivity index (χ3v) is 3.46. The summed E-state index contributed by atoms with van der Waals surface area (Å²) in [6.45, 7) is 0.168. The van der Waals surface area contributed by atoms with Gasteiger partial charge in [-0.15, -0.1) is 0 Å². The van der Waals surface area contributed by atoms with Crippen LogP contribution < -0.4 is 0 Å². The lowest BCUT2D eigenvalue weighted by Crippen LogP contribution is -2.05. The molecule has 2 N–H and O–H groups in total. The highest BCUT2D eigenvalue weighted by Gasteiger charge is 2.14. The summed E-state index contributed by atoms with van der Waals surface area (Å²) >= 11 is 0. The number of benzene rings is 1. The van der Waals surface area contributed by atoms with Gasteiger partial charge >= 0.3 is 5.97 Å². The van der Waals surface area contributed by atoms with Crippen LogP contribution in [0.4, 0.5) is 0 Å². The molecule has 1 aromatic carbocycles. The highest BCUT2D eigenvalue weighted by atomic mass is 16.5. The number of aliphatic hydroxyl groups excluding tert-OH is 1. The van der Waals surface area contributed by atoms with Crippen molar-refractivity contribution in [2.24, 2.45) is 5.92 Å².